The smallest absolute Gasteiger partial charge is 0.219 e. The highest BCUT2D eigenvalue weighted by atomic mass is 16.3. The maximum Gasteiger partial charge on any atom is 0.219 e. The van der Waals surface area contributed by atoms with Gasteiger partial charge >= 0.3 is 0 Å². The number of hydrogen-bond acceptors (Lipinski definition) is 4. The molecule has 18 heavy (non-hydrogen) atoms. The molecule has 6 heteroatoms. The highest BCUT2D eigenvalue weighted by Gasteiger charge is 2.24. The van der Waals surface area contributed by atoms with E-state index >= 15 is 0 Å². The van der Waals surface area contributed by atoms with E-state index in [1.807, 2.05) is 23.6 Å². The van der Waals surface area contributed by atoms with Crippen molar-refractivity contribution in [2.24, 2.45) is 7.05 Å². The maximum atomic E-state index is 11.3. The maximum absolute atomic E-state index is 11.3. The topological polar surface area (TPSA) is 61.6 Å². The number of aliphatic hydroxyl groups is 1. The molecule has 1 fully saturated rings. The number of amides is 1. The number of piperazine rings is 1. The van der Waals surface area contributed by atoms with Crippen molar-refractivity contribution in [3.8, 4) is 0 Å². The third-order valence-electron chi connectivity index (χ3n) is 3.50. The van der Waals surface area contributed by atoms with Crippen LogP contribution in [-0.4, -0.2) is 51.9 Å². The molecule has 6 nitrogen and oxygen atoms in total. The minimum absolute atomic E-state index is 0.00191. The van der Waals surface area contributed by atoms with Crippen LogP contribution in [0.4, 0.5) is 5.82 Å². The minimum atomic E-state index is 0.00191. The number of aryl methyl sites for hydroxylation is 2. The number of carbonyl (C=O) groups is 1. The molecular weight excluding hydrogens is 232 g/mol. The first-order valence-corrected chi connectivity index (χ1v) is 6.18. The summed E-state index contributed by atoms with van der Waals surface area (Å²) in [7, 11) is 1.89. The van der Waals surface area contributed by atoms with Gasteiger partial charge in [-0.1, -0.05) is 0 Å². The molecule has 0 saturated carbocycles. The van der Waals surface area contributed by atoms with E-state index in [1.54, 1.807) is 6.92 Å². The second-order valence-corrected chi connectivity index (χ2v) is 4.66. The second-order valence-electron chi connectivity index (χ2n) is 4.66. The van der Waals surface area contributed by atoms with Gasteiger partial charge in [-0.25, -0.2) is 0 Å². The fourth-order valence-corrected chi connectivity index (χ4v) is 2.50. The van der Waals surface area contributed by atoms with Crippen molar-refractivity contribution in [2.75, 3.05) is 31.1 Å². The molecule has 1 aromatic heterocycles. The van der Waals surface area contributed by atoms with E-state index in [1.165, 1.54) is 0 Å². The molecule has 1 aliphatic heterocycles. The summed E-state index contributed by atoms with van der Waals surface area (Å²) in [5.41, 5.74) is 1.75. The normalized spacial score (nSPS) is 16.2. The Bertz CT molecular complexity index is 447. The van der Waals surface area contributed by atoms with Crippen molar-refractivity contribution in [1.82, 2.24) is 14.7 Å². The van der Waals surface area contributed by atoms with Crippen LogP contribution in [0.1, 0.15) is 18.2 Å². The molecular formula is C12H20N4O2. The highest BCUT2D eigenvalue weighted by molar-refractivity contribution is 5.73. The standard InChI is InChI=1S/C12H20N4O2/c1-9-11(8-17)12(14(3)13-9)16-6-4-15(5-7-16)10(2)18/h17H,4-8H2,1-3H3. The van der Waals surface area contributed by atoms with Gasteiger partial charge in [0.15, 0.2) is 0 Å². The Labute approximate surface area is 107 Å². The fraction of sp³-hybridized carbons (Fsp3) is 0.667. The molecule has 1 amide bonds. The van der Waals surface area contributed by atoms with Crippen LogP contribution in [-0.2, 0) is 18.4 Å². The van der Waals surface area contributed by atoms with Crippen LogP contribution in [0, 0.1) is 6.92 Å². The molecule has 100 valence electrons. The molecule has 0 aromatic carbocycles. The van der Waals surface area contributed by atoms with Gasteiger partial charge in [-0.3, -0.25) is 9.48 Å². The first kappa shape index (κ1) is 12.9. The van der Waals surface area contributed by atoms with Crippen LogP contribution < -0.4 is 4.90 Å². The number of carbonyl (C=O) groups excluding carboxylic acids is 1. The van der Waals surface area contributed by atoms with Crippen LogP contribution in [0.15, 0.2) is 0 Å². The van der Waals surface area contributed by atoms with E-state index in [2.05, 4.69) is 10.00 Å². The Hall–Kier alpha value is -1.56. The van der Waals surface area contributed by atoms with Crippen LogP contribution in [0.2, 0.25) is 0 Å². The number of aromatic nitrogens is 2. The summed E-state index contributed by atoms with van der Waals surface area (Å²) in [6.45, 7) is 6.53. The molecule has 0 bridgehead atoms. The zero-order valence-electron chi connectivity index (χ0n) is 11.2. The molecule has 2 rings (SSSR count). The highest BCUT2D eigenvalue weighted by Crippen LogP contribution is 2.24. The van der Waals surface area contributed by atoms with Gasteiger partial charge < -0.3 is 14.9 Å². The number of nitrogens with zero attached hydrogens (tertiary/aromatic N) is 4. The third-order valence-corrected chi connectivity index (χ3v) is 3.50. The SMILES string of the molecule is CC(=O)N1CCN(c2c(CO)c(C)nn2C)CC1. The number of aliphatic hydroxyl groups excluding tert-OH is 1. The first-order chi connectivity index (χ1) is 8.54. The van der Waals surface area contributed by atoms with E-state index in [-0.39, 0.29) is 12.5 Å². The minimum Gasteiger partial charge on any atom is -0.391 e. The molecule has 0 spiro atoms. The fourth-order valence-electron chi connectivity index (χ4n) is 2.50. The Morgan fingerprint density at radius 3 is 2.44 bits per heavy atom. The van der Waals surface area contributed by atoms with Crippen LogP contribution in [0.25, 0.3) is 0 Å². The molecule has 2 heterocycles. The molecule has 1 aromatic rings. The molecule has 0 radical (unpaired) electrons. The summed E-state index contributed by atoms with van der Waals surface area (Å²) >= 11 is 0. The van der Waals surface area contributed by atoms with Crippen LogP contribution in [0.5, 0.6) is 0 Å². The van der Waals surface area contributed by atoms with Gasteiger partial charge in [0.05, 0.1) is 12.3 Å². The molecule has 0 aliphatic carbocycles. The molecule has 0 atom stereocenters. The Morgan fingerprint density at radius 1 is 1.33 bits per heavy atom. The predicted octanol–water partition coefficient (Wildman–Crippen LogP) is -0.111. The Kier molecular flexibility index (Phi) is 3.56. The molecule has 0 unspecified atom stereocenters. The quantitative estimate of drug-likeness (QED) is 0.798. The Morgan fingerprint density at radius 2 is 1.94 bits per heavy atom. The zero-order valence-corrected chi connectivity index (χ0v) is 11.2. The summed E-state index contributed by atoms with van der Waals surface area (Å²) in [6, 6.07) is 0. The summed E-state index contributed by atoms with van der Waals surface area (Å²) in [5.74, 6) is 1.09. The monoisotopic (exact) mass is 252 g/mol. The van der Waals surface area contributed by atoms with Crippen LogP contribution in [0.3, 0.4) is 0 Å². The lowest BCUT2D eigenvalue weighted by Gasteiger charge is -2.35. The largest absolute Gasteiger partial charge is 0.391 e. The lowest BCUT2D eigenvalue weighted by atomic mass is 10.2. The van der Waals surface area contributed by atoms with Crippen molar-refractivity contribution in [3.63, 3.8) is 0 Å². The predicted molar refractivity (Wildman–Crippen MR) is 68.3 cm³/mol. The number of rotatable bonds is 2. The second kappa shape index (κ2) is 4.97. The Balaban J connectivity index is 2.17. The molecule has 1 N–H and O–H groups in total. The lowest BCUT2D eigenvalue weighted by Crippen LogP contribution is -2.48. The van der Waals surface area contributed by atoms with Crippen LogP contribution >= 0.6 is 0 Å². The van der Waals surface area contributed by atoms with Gasteiger partial charge in [0.1, 0.15) is 5.82 Å². The lowest BCUT2D eigenvalue weighted by molar-refractivity contribution is -0.129. The van der Waals surface area contributed by atoms with Crippen molar-refractivity contribution in [3.05, 3.63) is 11.3 Å². The van der Waals surface area contributed by atoms with E-state index in [9.17, 15) is 9.90 Å². The van der Waals surface area contributed by atoms with E-state index in [0.29, 0.717) is 0 Å². The number of hydrogen-bond donors (Lipinski definition) is 1. The number of anilines is 1. The van der Waals surface area contributed by atoms with Gasteiger partial charge in [-0.2, -0.15) is 5.10 Å². The third kappa shape index (κ3) is 2.20. The van der Waals surface area contributed by atoms with E-state index in [4.69, 9.17) is 0 Å². The molecule has 1 aliphatic rings. The van der Waals surface area contributed by atoms with Crippen molar-refractivity contribution in [2.45, 2.75) is 20.5 Å². The van der Waals surface area contributed by atoms with Crippen molar-refractivity contribution in [1.29, 1.82) is 0 Å². The zero-order chi connectivity index (χ0) is 13.3. The van der Waals surface area contributed by atoms with Gasteiger partial charge in [-0.05, 0) is 6.92 Å². The molecule has 1 saturated heterocycles. The first-order valence-electron chi connectivity index (χ1n) is 6.18. The van der Waals surface area contributed by atoms with E-state index in [0.717, 1.165) is 43.3 Å². The average molecular weight is 252 g/mol. The summed E-state index contributed by atoms with van der Waals surface area (Å²) in [4.78, 5) is 15.3. The van der Waals surface area contributed by atoms with Crippen molar-refractivity contribution >= 4 is 11.7 Å². The van der Waals surface area contributed by atoms with Gasteiger partial charge in [0, 0.05) is 45.7 Å². The summed E-state index contributed by atoms with van der Waals surface area (Å²) < 4.78 is 1.81. The summed E-state index contributed by atoms with van der Waals surface area (Å²) in [5, 5.41) is 13.8. The van der Waals surface area contributed by atoms with Crippen molar-refractivity contribution < 1.29 is 9.90 Å². The van der Waals surface area contributed by atoms with Gasteiger partial charge in [-0.15, -0.1) is 0 Å². The van der Waals surface area contributed by atoms with Gasteiger partial charge in [0.2, 0.25) is 5.91 Å². The van der Waals surface area contributed by atoms with Gasteiger partial charge in [0.25, 0.3) is 0 Å². The average Bonchev–Trinajstić information content (AvgIpc) is 2.63. The summed E-state index contributed by atoms with van der Waals surface area (Å²) in [6.07, 6.45) is 0. The van der Waals surface area contributed by atoms with E-state index < -0.39 is 0 Å².